The van der Waals surface area contributed by atoms with Gasteiger partial charge in [-0.05, 0) is 42.3 Å². The van der Waals surface area contributed by atoms with Crippen LogP contribution in [0.5, 0.6) is 0 Å². The molecular formula is C19H17FN2O4S. The zero-order valence-electron chi connectivity index (χ0n) is 14.7. The lowest BCUT2D eigenvalue weighted by molar-refractivity contribution is 0.0964. The molecular weight excluding hydrogens is 371 g/mol. The Morgan fingerprint density at radius 1 is 1.22 bits per heavy atom. The Hall–Kier alpha value is -2.87. The van der Waals surface area contributed by atoms with E-state index in [2.05, 4.69) is 5.32 Å². The maximum atomic E-state index is 13.3. The minimum atomic E-state index is -3.40. The highest BCUT2D eigenvalue weighted by Crippen LogP contribution is 2.40. The summed E-state index contributed by atoms with van der Waals surface area (Å²) in [7, 11) is -1.87. The maximum Gasteiger partial charge on any atom is 0.255 e. The molecule has 0 atom stereocenters. The molecule has 1 aliphatic heterocycles. The van der Waals surface area contributed by atoms with Gasteiger partial charge in [0, 0.05) is 30.6 Å². The van der Waals surface area contributed by atoms with Crippen molar-refractivity contribution in [3.63, 3.8) is 0 Å². The summed E-state index contributed by atoms with van der Waals surface area (Å²) >= 11 is 0. The van der Waals surface area contributed by atoms with Gasteiger partial charge < -0.3 is 9.73 Å². The highest BCUT2D eigenvalue weighted by molar-refractivity contribution is 7.92. The van der Waals surface area contributed by atoms with Crippen LogP contribution in [0.4, 0.5) is 10.1 Å². The molecule has 0 radical (unpaired) electrons. The third kappa shape index (κ3) is 2.86. The van der Waals surface area contributed by atoms with E-state index in [-0.39, 0.29) is 11.7 Å². The van der Waals surface area contributed by atoms with Crippen LogP contribution in [0.15, 0.2) is 40.8 Å². The Morgan fingerprint density at radius 3 is 2.56 bits per heavy atom. The van der Waals surface area contributed by atoms with E-state index in [1.165, 1.54) is 35.6 Å². The molecule has 1 N–H and O–H groups in total. The van der Waals surface area contributed by atoms with Crippen LogP contribution in [-0.2, 0) is 16.4 Å². The van der Waals surface area contributed by atoms with Crippen LogP contribution >= 0.6 is 0 Å². The predicted molar refractivity (Wildman–Crippen MR) is 101 cm³/mol. The molecule has 0 fully saturated rings. The van der Waals surface area contributed by atoms with E-state index in [1.807, 2.05) is 0 Å². The first-order valence-electron chi connectivity index (χ1n) is 8.34. The summed E-state index contributed by atoms with van der Waals surface area (Å²) in [6, 6.07) is 9.12. The molecule has 0 unspecified atom stereocenters. The molecule has 1 aliphatic rings. The fourth-order valence-electron chi connectivity index (χ4n) is 3.45. The number of carbonyl (C=O) groups excluding carboxylic acids is 1. The SMILES string of the molecule is CNC(=O)c1c(-c2ccc(F)cc2)oc2cc3c(cc12)CCN3S(C)(=O)=O. The summed E-state index contributed by atoms with van der Waals surface area (Å²) in [5, 5.41) is 3.20. The average Bonchev–Trinajstić information content (AvgIpc) is 3.20. The molecule has 0 bridgehead atoms. The molecule has 2 aromatic carbocycles. The molecule has 1 aromatic heterocycles. The number of amides is 1. The second kappa shape index (κ2) is 6.09. The van der Waals surface area contributed by atoms with E-state index in [1.54, 1.807) is 12.1 Å². The quantitative estimate of drug-likeness (QED) is 0.748. The summed E-state index contributed by atoms with van der Waals surface area (Å²) in [6.45, 7) is 0.362. The summed E-state index contributed by atoms with van der Waals surface area (Å²) in [5.74, 6) is -0.399. The molecule has 0 aliphatic carbocycles. The summed E-state index contributed by atoms with van der Waals surface area (Å²) in [4.78, 5) is 12.5. The van der Waals surface area contributed by atoms with Crippen LogP contribution in [-0.4, -0.2) is 34.2 Å². The van der Waals surface area contributed by atoms with Gasteiger partial charge in [-0.15, -0.1) is 0 Å². The van der Waals surface area contributed by atoms with Crippen molar-refractivity contribution in [3.05, 3.63) is 53.3 Å². The fourth-order valence-corrected chi connectivity index (χ4v) is 4.40. The first kappa shape index (κ1) is 17.5. The molecule has 4 rings (SSSR count). The van der Waals surface area contributed by atoms with Gasteiger partial charge in [-0.2, -0.15) is 0 Å². The minimum Gasteiger partial charge on any atom is -0.455 e. The van der Waals surface area contributed by atoms with Crippen molar-refractivity contribution in [1.82, 2.24) is 5.32 Å². The van der Waals surface area contributed by atoms with E-state index in [4.69, 9.17) is 4.42 Å². The largest absolute Gasteiger partial charge is 0.455 e. The molecule has 6 nitrogen and oxygen atoms in total. The number of hydrogen-bond acceptors (Lipinski definition) is 4. The number of fused-ring (bicyclic) bond motifs is 2. The highest BCUT2D eigenvalue weighted by atomic mass is 32.2. The second-order valence-corrected chi connectivity index (χ2v) is 8.36. The first-order chi connectivity index (χ1) is 12.8. The number of furan rings is 1. The minimum absolute atomic E-state index is 0.318. The van der Waals surface area contributed by atoms with E-state index in [0.717, 1.165) is 11.8 Å². The third-order valence-corrected chi connectivity index (χ3v) is 5.88. The molecule has 0 saturated carbocycles. The Balaban J connectivity index is 1.97. The lowest BCUT2D eigenvalue weighted by Crippen LogP contribution is -2.27. The smallest absolute Gasteiger partial charge is 0.255 e. The normalized spacial score (nSPS) is 13.8. The monoisotopic (exact) mass is 388 g/mol. The Bertz CT molecular complexity index is 1170. The summed E-state index contributed by atoms with van der Waals surface area (Å²) < 4.78 is 44.6. The van der Waals surface area contributed by atoms with Gasteiger partial charge in [0.15, 0.2) is 0 Å². The van der Waals surface area contributed by atoms with Gasteiger partial charge in [0.05, 0.1) is 17.5 Å². The van der Waals surface area contributed by atoms with Crippen molar-refractivity contribution >= 4 is 32.6 Å². The molecule has 8 heteroatoms. The number of nitrogens with zero attached hydrogens (tertiary/aromatic N) is 1. The van der Waals surface area contributed by atoms with Crippen molar-refractivity contribution in [2.24, 2.45) is 0 Å². The van der Waals surface area contributed by atoms with Gasteiger partial charge in [0.25, 0.3) is 5.91 Å². The Kier molecular flexibility index (Phi) is 3.96. The molecule has 1 amide bonds. The molecule has 3 aromatic rings. The van der Waals surface area contributed by atoms with Gasteiger partial charge in [-0.3, -0.25) is 9.10 Å². The zero-order chi connectivity index (χ0) is 19.3. The Labute approximate surface area is 155 Å². The number of hydrogen-bond donors (Lipinski definition) is 1. The van der Waals surface area contributed by atoms with Crippen LogP contribution in [0, 0.1) is 5.82 Å². The number of nitrogens with one attached hydrogen (secondary N) is 1. The fraction of sp³-hybridized carbons (Fsp3) is 0.211. The summed E-state index contributed by atoms with van der Waals surface area (Å²) in [5.41, 5.74) is 2.71. The third-order valence-electron chi connectivity index (χ3n) is 4.70. The van der Waals surface area contributed by atoms with Crippen LogP contribution in [0.3, 0.4) is 0 Å². The van der Waals surface area contributed by atoms with Crippen LogP contribution < -0.4 is 9.62 Å². The number of halogens is 1. The van der Waals surface area contributed by atoms with Crippen molar-refractivity contribution in [2.75, 3.05) is 24.2 Å². The number of benzene rings is 2. The van der Waals surface area contributed by atoms with E-state index < -0.39 is 10.0 Å². The number of sulfonamides is 1. The summed E-state index contributed by atoms with van der Waals surface area (Å²) in [6.07, 6.45) is 1.72. The highest BCUT2D eigenvalue weighted by Gasteiger charge is 2.29. The van der Waals surface area contributed by atoms with Crippen LogP contribution in [0.25, 0.3) is 22.3 Å². The first-order valence-corrected chi connectivity index (χ1v) is 10.2. The molecule has 0 saturated heterocycles. The van der Waals surface area contributed by atoms with Gasteiger partial charge in [0.2, 0.25) is 10.0 Å². The van der Waals surface area contributed by atoms with Gasteiger partial charge in [0.1, 0.15) is 17.2 Å². The standard InChI is InChI=1S/C19H17FN2O4S/c1-21-19(23)17-14-9-12-7-8-22(27(2,24)25)15(12)10-16(14)26-18(17)11-3-5-13(20)6-4-11/h3-6,9-10H,7-8H2,1-2H3,(H,21,23). The maximum absolute atomic E-state index is 13.3. The molecule has 2 heterocycles. The van der Waals surface area contributed by atoms with E-state index >= 15 is 0 Å². The average molecular weight is 388 g/mol. The number of carbonyl (C=O) groups is 1. The van der Waals surface area contributed by atoms with Gasteiger partial charge >= 0.3 is 0 Å². The Morgan fingerprint density at radius 2 is 1.93 bits per heavy atom. The topological polar surface area (TPSA) is 79.6 Å². The van der Waals surface area contributed by atoms with Crippen LogP contribution in [0.1, 0.15) is 15.9 Å². The lowest BCUT2D eigenvalue weighted by atomic mass is 10.0. The zero-order valence-corrected chi connectivity index (χ0v) is 15.6. The van der Waals surface area contributed by atoms with E-state index in [0.29, 0.717) is 46.5 Å². The number of rotatable bonds is 3. The molecule has 140 valence electrons. The van der Waals surface area contributed by atoms with Crippen molar-refractivity contribution in [3.8, 4) is 11.3 Å². The van der Waals surface area contributed by atoms with E-state index in [9.17, 15) is 17.6 Å². The van der Waals surface area contributed by atoms with Gasteiger partial charge in [-0.1, -0.05) is 0 Å². The van der Waals surface area contributed by atoms with Gasteiger partial charge in [-0.25, -0.2) is 12.8 Å². The van der Waals surface area contributed by atoms with Crippen molar-refractivity contribution < 1.29 is 22.0 Å². The molecule has 0 spiro atoms. The second-order valence-electron chi connectivity index (χ2n) is 6.45. The predicted octanol–water partition coefficient (Wildman–Crippen LogP) is 2.92. The van der Waals surface area contributed by atoms with Crippen molar-refractivity contribution in [1.29, 1.82) is 0 Å². The molecule has 27 heavy (non-hydrogen) atoms. The lowest BCUT2D eigenvalue weighted by Gasteiger charge is -2.16. The van der Waals surface area contributed by atoms with Crippen molar-refractivity contribution in [2.45, 2.75) is 6.42 Å². The van der Waals surface area contributed by atoms with Crippen LogP contribution in [0.2, 0.25) is 0 Å². The number of anilines is 1.